The van der Waals surface area contributed by atoms with Gasteiger partial charge in [0.05, 0.1) is 0 Å². The number of carbonyl (C=O) groups excluding carboxylic acids is 1. The lowest BCUT2D eigenvalue weighted by Crippen LogP contribution is -2.42. The molecule has 26 heavy (non-hydrogen) atoms. The van der Waals surface area contributed by atoms with Crippen molar-refractivity contribution in [2.75, 3.05) is 27.2 Å². The second kappa shape index (κ2) is 11.2. The molecule has 0 aromatic heterocycles. The number of rotatable bonds is 5. The molecular formula is C18H30FIN4O2. The van der Waals surface area contributed by atoms with Gasteiger partial charge in [-0.3, -0.25) is 4.99 Å². The standard InChI is InChI=1S/C18H29FN4O2.HI/c1-13-11-14(7-8-15(13)19)12-22-16(20-5)21-9-10-23(6)17(24)25-18(2,3)4;/h7-8,11H,9-10,12H2,1-6H3,(H2,20,21,22);1H. The van der Waals surface area contributed by atoms with Crippen LogP contribution in [0.4, 0.5) is 9.18 Å². The molecule has 0 atom stereocenters. The molecule has 1 aromatic rings. The molecular weight excluding hydrogens is 450 g/mol. The third-order valence-electron chi connectivity index (χ3n) is 3.35. The number of ether oxygens (including phenoxy) is 1. The molecule has 0 fully saturated rings. The number of hydrogen-bond donors (Lipinski definition) is 2. The van der Waals surface area contributed by atoms with Crippen LogP contribution in [0.2, 0.25) is 0 Å². The Morgan fingerprint density at radius 1 is 1.31 bits per heavy atom. The molecule has 6 nitrogen and oxygen atoms in total. The van der Waals surface area contributed by atoms with E-state index in [1.165, 1.54) is 11.0 Å². The number of halogens is 2. The number of nitrogens with zero attached hydrogens (tertiary/aromatic N) is 2. The third kappa shape index (κ3) is 9.21. The second-order valence-electron chi connectivity index (χ2n) is 6.84. The number of aliphatic imine (C=N–C) groups is 1. The van der Waals surface area contributed by atoms with Crippen molar-refractivity contribution in [3.8, 4) is 0 Å². The number of aryl methyl sites for hydroxylation is 1. The first-order valence-corrected chi connectivity index (χ1v) is 8.26. The Hall–Kier alpha value is -1.58. The number of carbonyl (C=O) groups is 1. The summed E-state index contributed by atoms with van der Waals surface area (Å²) in [5.74, 6) is 0.399. The Balaban J connectivity index is 0.00000625. The monoisotopic (exact) mass is 480 g/mol. The highest BCUT2D eigenvalue weighted by atomic mass is 127. The average Bonchev–Trinajstić information content (AvgIpc) is 2.52. The van der Waals surface area contributed by atoms with Crippen LogP contribution in [0.3, 0.4) is 0 Å². The zero-order valence-corrected chi connectivity index (χ0v) is 18.7. The predicted octanol–water partition coefficient (Wildman–Crippen LogP) is 3.28. The van der Waals surface area contributed by atoms with Crippen molar-refractivity contribution in [1.82, 2.24) is 15.5 Å². The first kappa shape index (κ1) is 24.4. The second-order valence-corrected chi connectivity index (χ2v) is 6.84. The van der Waals surface area contributed by atoms with Crippen LogP contribution in [0.25, 0.3) is 0 Å². The minimum Gasteiger partial charge on any atom is -0.444 e. The minimum absolute atomic E-state index is 0. The lowest BCUT2D eigenvalue weighted by Gasteiger charge is -2.24. The number of benzene rings is 1. The van der Waals surface area contributed by atoms with Crippen LogP contribution < -0.4 is 10.6 Å². The van der Waals surface area contributed by atoms with E-state index in [9.17, 15) is 9.18 Å². The van der Waals surface area contributed by atoms with E-state index in [0.29, 0.717) is 31.2 Å². The van der Waals surface area contributed by atoms with Crippen LogP contribution in [0, 0.1) is 12.7 Å². The highest BCUT2D eigenvalue weighted by Gasteiger charge is 2.19. The molecule has 1 aromatic carbocycles. The van der Waals surface area contributed by atoms with Crippen molar-refractivity contribution in [3.63, 3.8) is 0 Å². The SMILES string of the molecule is CN=C(NCCN(C)C(=O)OC(C)(C)C)NCc1ccc(F)c(C)c1.I. The number of likely N-dealkylation sites (N-methyl/N-ethyl adjacent to an activating group) is 1. The molecule has 0 aliphatic heterocycles. The van der Waals surface area contributed by atoms with Crippen LogP contribution >= 0.6 is 24.0 Å². The molecule has 1 amide bonds. The van der Waals surface area contributed by atoms with Crippen molar-refractivity contribution < 1.29 is 13.9 Å². The number of hydrogen-bond acceptors (Lipinski definition) is 3. The zero-order chi connectivity index (χ0) is 19.0. The van der Waals surface area contributed by atoms with Gasteiger partial charge in [-0.2, -0.15) is 0 Å². The summed E-state index contributed by atoms with van der Waals surface area (Å²) in [5.41, 5.74) is 1.07. The van der Waals surface area contributed by atoms with E-state index in [0.717, 1.165) is 5.56 Å². The highest BCUT2D eigenvalue weighted by molar-refractivity contribution is 14.0. The summed E-state index contributed by atoms with van der Waals surface area (Å²) < 4.78 is 18.6. The first-order chi connectivity index (χ1) is 11.6. The number of guanidine groups is 1. The van der Waals surface area contributed by atoms with E-state index in [1.54, 1.807) is 33.2 Å². The molecule has 8 heteroatoms. The van der Waals surface area contributed by atoms with Gasteiger partial charge in [0.1, 0.15) is 11.4 Å². The summed E-state index contributed by atoms with van der Waals surface area (Å²) in [6.07, 6.45) is -0.362. The molecule has 0 aliphatic rings. The fourth-order valence-electron chi connectivity index (χ4n) is 2.00. The number of nitrogens with one attached hydrogen (secondary N) is 2. The lowest BCUT2D eigenvalue weighted by atomic mass is 10.1. The lowest BCUT2D eigenvalue weighted by molar-refractivity contribution is 0.0302. The largest absolute Gasteiger partial charge is 0.444 e. The van der Waals surface area contributed by atoms with Gasteiger partial charge in [0, 0.05) is 33.7 Å². The van der Waals surface area contributed by atoms with Gasteiger partial charge in [-0.25, -0.2) is 9.18 Å². The highest BCUT2D eigenvalue weighted by Crippen LogP contribution is 2.09. The quantitative estimate of drug-likeness (QED) is 0.386. The van der Waals surface area contributed by atoms with Crippen molar-refractivity contribution in [3.05, 3.63) is 35.1 Å². The molecule has 0 saturated heterocycles. The van der Waals surface area contributed by atoms with E-state index in [4.69, 9.17) is 4.74 Å². The Labute approximate surface area is 172 Å². The third-order valence-corrected chi connectivity index (χ3v) is 3.35. The molecule has 0 unspecified atom stereocenters. The Kier molecular flexibility index (Phi) is 10.5. The minimum atomic E-state index is -0.510. The van der Waals surface area contributed by atoms with Gasteiger partial charge in [-0.15, -0.1) is 24.0 Å². The maximum absolute atomic E-state index is 13.3. The van der Waals surface area contributed by atoms with Crippen LogP contribution in [-0.4, -0.2) is 49.7 Å². The Morgan fingerprint density at radius 3 is 2.50 bits per heavy atom. The van der Waals surface area contributed by atoms with Gasteiger partial charge in [-0.1, -0.05) is 12.1 Å². The smallest absolute Gasteiger partial charge is 0.410 e. The fraction of sp³-hybridized carbons (Fsp3) is 0.556. The predicted molar refractivity (Wildman–Crippen MR) is 114 cm³/mol. The van der Waals surface area contributed by atoms with Gasteiger partial charge < -0.3 is 20.3 Å². The van der Waals surface area contributed by atoms with Crippen molar-refractivity contribution in [2.24, 2.45) is 4.99 Å². The van der Waals surface area contributed by atoms with Crippen LogP contribution in [-0.2, 0) is 11.3 Å². The molecule has 0 saturated carbocycles. The maximum Gasteiger partial charge on any atom is 0.410 e. The van der Waals surface area contributed by atoms with E-state index in [1.807, 2.05) is 20.8 Å². The van der Waals surface area contributed by atoms with Gasteiger partial charge >= 0.3 is 6.09 Å². The zero-order valence-electron chi connectivity index (χ0n) is 16.4. The van der Waals surface area contributed by atoms with Gasteiger partial charge in [-0.05, 0) is 44.9 Å². The van der Waals surface area contributed by atoms with E-state index in [-0.39, 0.29) is 35.9 Å². The van der Waals surface area contributed by atoms with Crippen molar-refractivity contribution in [1.29, 1.82) is 0 Å². The van der Waals surface area contributed by atoms with E-state index in [2.05, 4.69) is 15.6 Å². The summed E-state index contributed by atoms with van der Waals surface area (Å²) in [7, 11) is 3.36. The van der Waals surface area contributed by atoms with Crippen molar-refractivity contribution >= 4 is 36.0 Å². The molecule has 0 spiro atoms. The molecule has 1 rings (SSSR count). The van der Waals surface area contributed by atoms with Crippen LogP contribution in [0.5, 0.6) is 0 Å². The summed E-state index contributed by atoms with van der Waals surface area (Å²) in [5, 5.41) is 6.28. The van der Waals surface area contributed by atoms with E-state index >= 15 is 0 Å². The van der Waals surface area contributed by atoms with Gasteiger partial charge in [0.25, 0.3) is 0 Å². The fourth-order valence-corrected chi connectivity index (χ4v) is 2.00. The summed E-state index contributed by atoms with van der Waals surface area (Å²) in [6.45, 7) is 8.77. The summed E-state index contributed by atoms with van der Waals surface area (Å²) >= 11 is 0. The van der Waals surface area contributed by atoms with Gasteiger partial charge in [0.2, 0.25) is 0 Å². The first-order valence-electron chi connectivity index (χ1n) is 8.26. The number of amides is 1. The summed E-state index contributed by atoms with van der Waals surface area (Å²) in [4.78, 5) is 17.5. The molecule has 0 bridgehead atoms. The van der Waals surface area contributed by atoms with Crippen LogP contribution in [0.15, 0.2) is 23.2 Å². The van der Waals surface area contributed by atoms with Gasteiger partial charge in [0.15, 0.2) is 5.96 Å². The van der Waals surface area contributed by atoms with Crippen LogP contribution in [0.1, 0.15) is 31.9 Å². The Bertz CT molecular complexity index is 618. The average molecular weight is 480 g/mol. The maximum atomic E-state index is 13.3. The molecule has 0 radical (unpaired) electrons. The molecule has 0 aliphatic carbocycles. The Morgan fingerprint density at radius 2 is 1.96 bits per heavy atom. The molecule has 2 N–H and O–H groups in total. The summed E-state index contributed by atoms with van der Waals surface area (Å²) in [6, 6.07) is 4.99. The van der Waals surface area contributed by atoms with E-state index < -0.39 is 5.60 Å². The molecule has 0 heterocycles. The topological polar surface area (TPSA) is 66.0 Å². The molecule has 148 valence electrons. The van der Waals surface area contributed by atoms with Crippen molar-refractivity contribution in [2.45, 2.75) is 39.8 Å². The normalized spacial score (nSPS) is 11.4.